The summed E-state index contributed by atoms with van der Waals surface area (Å²) in [4.78, 5) is 37.2. The number of hydrogen-bond donors (Lipinski definition) is 2. The van der Waals surface area contributed by atoms with Gasteiger partial charge in [-0.05, 0) is 43.5 Å². The van der Waals surface area contributed by atoms with E-state index >= 15 is 0 Å². The van der Waals surface area contributed by atoms with E-state index in [0.29, 0.717) is 31.2 Å². The van der Waals surface area contributed by atoms with E-state index in [9.17, 15) is 14.4 Å². The number of rotatable bonds is 10. The van der Waals surface area contributed by atoms with Crippen LogP contribution in [0.3, 0.4) is 0 Å². The van der Waals surface area contributed by atoms with Gasteiger partial charge in [0.05, 0.1) is 0 Å². The average Bonchev–Trinajstić information content (AvgIpc) is 2.72. The maximum Gasteiger partial charge on any atom is 0.339 e. The van der Waals surface area contributed by atoms with Crippen LogP contribution in [-0.2, 0) is 20.9 Å². The van der Waals surface area contributed by atoms with Crippen molar-refractivity contribution in [3.8, 4) is 0 Å². The second-order valence-corrected chi connectivity index (χ2v) is 6.22. The summed E-state index contributed by atoms with van der Waals surface area (Å²) in [6.07, 6.45) is 1.71. The van der Waals surface area contributed by atoms with Crippen LogP contribution >= 0.6 is 0 Å². The van der Waals surface area contributed by atoms with E-state index in [-0.39, 0.29) is 13.0 Å². The highest BCUT2D eigenvalue weighted by molar-refractivity contribution is 6.05. The molecule has 3 N–H and O–H groups in total. The van der Waals surface area contributed by atoms with Crippen molar-refractivity contribution in [2.24, 2.45) is 5.73 Å². The van der Waals surface area contributed by atoms with E-state index in [2.05, 4.69) is 5.32 Å². The minimum Gasteiger partial charge on any atom is -0.459 e. The monoisotopic (exact) mass is 368 g/mol. The molecule has 2 aromatic rings. The van der Waals surface area contributed by atoms with E-state index in [4.69, 9.17) is 10.5 Å². The Bertz CT molecular complexity index is 749. The van der Waals surface area contributed by atoms with Crippen molar-refractivity contribution < 1.29 is 19.1 Å². The van der Waals surface area contributed by atoms with Crippen molar-refractivity contribution in [1.29, 1.82) is 0 Å². The summed E-state index contributed by atoms with van der Waals surface area (Å²) < 4.78 is 5.34. The highest BCUT2D eigenvalue weighted by atomic mass is 16.5. The number of aldehydes is 1. The molecule has 27 heavy (non-hydrogen) atoms. The Morgan fingerprint density at radius 1 is 1.00 bits per heavy atom. The Hall–Kier alpha value is -2.99. The van der Waals surface area contributed by atoms with Crippen molar-refractivity contribution in [3.05, 3.63) is 71.8 Å². The van der Waals surface area contributed by atoms with Gasteiger partial charge in [-0.1, -0.05) is 48.5 Å². The molecule has 6 heteroatoms. The first-order chi connectivity index (χ1) is 13.1. The van der Waals surface area contributed by atoms with Gasteiger partial charge < -0.3 is 20.6 Å². The van der Waals surface area contributed by atoms with Crippen molar-refractivity contribution in [2.45, 2.75) is 31.4 Å². The second-order valence-electron chi connectivity index (χ2n) is 6.22. The fourth-order valence-corrected chi connectivity index (χ4v) is 2.62. The molecule has 0 aliphatic heterocycles. The lowest BCUT2D eigenvalue weighted by molar-refractivity contribution is -0.154. The lowest BCUT2D eigenvalue weighted by Crippen LogP contribution is -2.56. The molecule has 2 rings (SSSR count). The molecule has 0 aliphatic carbocycles. The van der Waals surface area contributed by atoms with Crippen molar-refractivity contribution in [3.63, 3.8) is 0 Å². The first kappa shape index (κ1) is 20.3. The molecule has 0 aliphatic rings. The molecular weight excluding hydrogens is 344 g/mol. The number of hydrogen-bond acceptors (Lipinski definition) is 5. The SMILES string of the molecule is NCCCC[C@@](C=O)(NC(=O)c1ccccc1)C(=O)OCc1ccccc1. The molecule has 0 heterocycles. The minimum atomic E-state index is -1.74. The number of nitrogens with two attached hydrogens (primary N) is 1. The highest BCUT2D eigenvalue weighted by Crippen LogP contribution is 2.17. The molecule has 0 saturated carbocycles. The smallest absolute Gasteiger partial charge is 0.339 e. The topological polar surface area (TPSA) is 98.5 Å². The molecule has 0 fully saturated rings. The summed E-state index contributed by atoms with van der Waals surface area (Å²) in [5, 5.41) is 2.57. The zero-order valence-corrected chi connectivity index (χ0v) is 15.1. The molecule has 0 aromatic heterocycles. The molecule has 6 nitrogen and oxygen atoms in total. The van der Waals surface area contributed by atoms with Crippen LogP contribution in [0.4, 0.5) is 0 Å². The Balaban J connectivity index is 2.15. The molecule has 1 amide bonds. The molecule has 0 unspecified atom stereocenters. The fourth-order valence-electron chi connectivity index (χ4n) is 2.62. The van der Waals surface area contributed by atoms with Crippen LogP contribution in [-0.4, -0.2) is 30.2 Å². The van der Waals surface area contributed by atoms with Gasteiger partial charge in [-0.2, -0.15) is 0 Å². The molecule has 1 atom stereocenters. The van der Waals surface area contributed by atoms with Gasteiger partial charge in [0.1, 0.15) is 6.61 Å². The van der Waals surface area contributed by atoms with Gasteiger partial charge in [-0.3, -0.25) is 4.79 Å². The van der Waals surface area contributed by atoms with Crippen molar-refractivity contribution in [2.75, 3.05) is 6.54 Å². The number of unbranched alkanes of at least 4 members (excludes halogenated alkanes) is 1. The van der Waals surface area contributed by atoms with Crippen LogP contribution in [0.1, 0.15) is 35.2 Å². The van der Waals surface area contributed by atoms with Gasteiger partial charge >= 0.3 is 5.97 Å². The highest BCUT2D eigenvalue weighted by Gasteiger charge is 2.41. The van der Waals surface area contributed by atoms with Crippen LogP contribution in [0.2, 0.25) is 0 Å². The number of nitrogens with one attached hydrogen (secondary N) is 1. The quantitative estimate of drug-likeness (QED) is 0.290. The van der Waals surface area contributed by atoms with Gasteiger partial charge in [-0.25, -0.2) is 4.79 Å². The van der Waals surface area contributed by atoms with E-state index in [0.717, 1.165) is 5.56 Å². The molecule has 142 valence electrons. The minimum absolute atomic E-state index is 0.0212. The summed E-state index contributed by atoms with van der Waals surface area (Å²) in [7, 11) is 0. The Morgan fingerprint density at radius 3 is 2.22 bits per heavy atom. The van der Waals surface area contributed by atoms with Crippen LogP contribution in [0.15, 0.2) is 60.7 Å². The number of benzene rings is 2. The van der Waals surface area contributed by atoms with Crippen LogP contribution in [0.5, 0.6) is 0 Å². The van der Waals surface area contributed by atoms with Crippen molar-refractivity contribution in [1.82, 2.24) is 5.32 Å². The number of ether oxygens (including phenoxy) is 1. The summed E-state index contributed by atoms with van der Waals surface area (Å²) >= 11 is 0. The largest absolute Gasteiger partial charge is 0.459 e. The van der Waals surface area contributed by atoms with Crippen molar-refractivity contribution >= 4 is 18.2 Å². The van der Waals surface area contributed by atoms with Gasteiger partial charge in [0.15, 0.2) is 11.8 Å². The summed E-state index contributed by atoms with van der Waals surface area (Å²) in [6.45, 7) is 0.452. The average molecular weight is 368 g/mol. The normalized spacial score (nSPS) is 12.6. The van der Waals surface area contributed by atoms with Crippen LogP contribution in [0, 0.1) is 0 Å². The number of carbonyl (C=O) groups excluding carboxylic acids is 3. The third kappa shape index (κ3) is 5.76. The number of amides is 1. The third-order valence-corrected chi connectivity index (χ3v) is 4.18. The molecule has 2 aromatic carbocycles. The lowest BCUT2D eigenvalue weighted by Gasteiger charge is -2.27. The standard InChI is InChI=1S/C21H24N2O4/c22-14-8-7-13-21(16-24,23-19(25)18-11-5-2-6-12-18)20(26)27-15-17-9-3-1-4-10-17/h1-6,9-12,16H,7-8,13-15,22H2,(H,23,25)/t21-/m0/s1. The first-order valence-electron chi connectivity index (χ1n) is 8.86. The zero-order valence-electron chi connectivity index (χ0n) is 15.1. The number of carbonyl (C=O) groups is 3. The predicted octanol–water partition coefficient (Wildman–Crippen LogP) is 2.23. The van der Waals surface area contributed by atoms with Crippen LogP contribution < -0.4 is 11.1 Å². The maximum absolute atomic E-state index is 12.7. The maximum atomic E-state index is 12.7. The van der Waals surface area contributed by atoms with Crippen LogP contribution in [0.25, 0.3) is 0 Å². The third-order valence-electron chi connectivity index (χ3n) is 4.18. The number of esters is 1. The van der Waals surface area contributed by atoms with Gasteiger partial charge in [0.2, 0.25) is 0 Å². The summed E-state index contributed by atoms with van der Waals surface area (Å²) in [5.74, 6) is -1.28. The predicted molar refractivity (Wildman–Crippen MR) is 102 cm³/mol. The fraction of sp³-hybridized carbons (Fsp3) is 0.286. The Kier molecular flexibility index (Phi) is 7.70. The van der Waals surface area contributed by atoms with Gasteiger partial charge in [-0.15, -0.1) is 0 Å². The zero-order chi connectivity index (χ0) is 19.5. The van der Waals surface area contributed by atoms with E-state index in [1.165, 1.54) is 0 Å². The van der Waals surface area contributed by atoms with Gasteiger partial charge in [0, 0.05) is 5.56 Å². The molecule has 0 saturated heterocycles. The molecule has 0 spiro atoms. The molecule has 0 radical (unpaired) electrons. The van der Waals surface area contributed by atoms with E-state index in [1.807, 2.05) is 30.3 Å². The summed E-state index contributed by atoms with van der Waals surface area (Å²) in [5.41, 5.74) is 4.92. The first-order valence-corrected chi connectivity index (χ1v) is 8.86. The summed E-state index contributed by atoms with van der Waals surface area (Å²) in [6, 6.07) is 17.6. The Morgan fingerprint density at radius 2 is 1.63 bits per heavy atom. The van der Waals surface area contributed by atoms with E-state index < -0.39 is 17.4 Å². The lowest BCUT2D eigenvalue weighted by atomic mass is 9.93. The second kappa shape index (κ2) is 10.2. The Labute approximate surface area is 158 Å². The molecular formula is C21H24N2O4. The molecule has 0 bridgehead atoms. The van der Waals surface area contributed by atoms with E-state index in [1.54, 1.807) is 30.3 Å². The van der Waals surface area contributed by atoms with Gasteiger partial charge in [0.25, 0.3) is 5.91 Å².